The van der Waals surface area contributed by atoms with Gasteiger partial charge in [0, 0.05) is 12.2 Å². The second-order valence-electron chi connectivity index (χ2n) is 8.78. The number of rotatable bonds is 5. The van der Waals surface area contributed by atoms with Crippen LogP contribution in [0.4, 0.5) is 16.2 Å². The lowest BCUT2D eigenvalue weighted by Crippen LogP contribution is -2.41. The Balaban J connectivity index is 1.62. The van der Waals surface area contributed by atoms with E-state index >= 15 is 0 Å². The van der Waals surface area contributed by atoms with E-state index in [-0.39, 0.29) is 18.2 Å². The van der Waals surface area contributed by atoms with Crippen LogP contribution in [0.15, 0.2) is 24.7 Å². The number of amides is 1. The zero-order valence-corrected chi connectivity index (χ0v) is 18.8. The summed E-state index contributed by atoms with van der Waals surface area (Å²) in [7, 11) is 1.35. The molecule has 0 aromatic carbocycles. The summed E-state index contributed by atoms with van der Waals surface area (Å²) < 4.78 is 12.2. The molecule has 0 atom stereocenters. The number of anilines is 2. The van der Waals surface area contributed by atoms with Crippen LogP contribution in [0.5, 0.6) is 0 Å². The van der Waals surface area contributed by atoms with Crippen LogP contribution in [0.25, 0.3) is 0 Å². The summed E-state index contributed by atoms with van der Waals surface area (Å²) in [5.74, 6) is -0.425. The normalized spacial score (nSPS) is 18.9. The first-order valence-corrected chi connectivity index (χ1v) is 10.5. The van der Waals surface area contributed by atoms with Crippen molar-refractivity contribution in [3.63, 3.8) is 0 Å². The summed E-state index contributed by atoms with van der Waals surface area (Å²) in [5, 5.41) is 10.8. The van der Waals surface area contributed by atoms with Crippen LogP contribution < -0.4 is 10.6 Å². The number of nitrogens with one attached hydrogen (secondary N) is 2. The third kappa shape index (κ3) is 5.74. The predicted molar refractivity (Wildman–Crippen MR) is 116 cm³/mol. The second kappa shape index (κ2) is 9.36. The number of carbonyl (C=O) groups excluding carboxylic acids is 2. The maximum absolute atomic E-state index is 12.0. The van der Waals surface area contributed by atoms with Gasteiger partial charge in [-0.15, -0.1) is 0 Å². The van der Waals surface area contributed by atoms with Crippen LogP contribution >= 0.6 is 0 Å². The molecule has 0 saturated heterocycles. The number of alkyl carbamates (subject to hydrolysis) is 1. The van der Waals surface area contributed by atoms with Gasteiger partial charge in [0.2, 0.25) is 0 Å². The predicted octanol–water partition coefficient (Wildman–Crippen LogP) is 4.13. The van der Waals surface area contributed by atoms with Crippen LogP contribution in [-0.4, -0.2) is 45.6 Å². The van der Waals surface area contributed by atoms with Crippen LogP contribution in [0.3, 0.4) is 0 Å². The van der Waals surface area contributed by atoms with E-state index in [0.29, 0.717) is 11.3 Å². The Hall–Kier alpha value is -3.10. The molecule has 0 bridgehead atoms. The fourth-order valence-electron chi connectivity index (χ4n) is 3.78. The molecular weight excluding hydrogens is 398 g/mol. The molecule has 9 nitrogen and oxygen atoms in total. The van der Waals surface area contributed by atoms with Gasteiger partial charge in [0.05, 0.1) is 48.2 Å². The van der Waals surface area contributed by atoms with Crippen LogP contribution in [-0.2, 0) is 9.47 Å². The Bertz CT molecular complexity index is 926. The quantitative estimate of drug-likeness (QED) is 0.688. The van der Waals surface area contributed by atoms with Gasteiger partial charge in [-0.1, -0.05) is 0 Å². The third-order valence-electron chi connectivity index (χ3n) is 5.30. The molecule has 1 amide bonds. The summed E-state index contributed by atoms with van der Waals surface area (Å²) in [5.41, 5.74) is 2.27. The molecule has 1 fully saturated rings. The van der Waals surface area contributed by atoms with Gasteiger partial charge in [-0.3, -0.25) is 9.67 Å². The third-order valence-corrected chi connectivity index (χ3v) is 5.30. The molecule has 2 aromatic heterocycles. The largest absolute Gasteiger partial charge is 0.465 e. The molecule has 2 aromatic rings. The lowest BCUT2D eigenvalue weighted by molar-refractivity contribution is 0.0486. The van der Waals surface area contributed by atoms with Gasteiger partial charge in [-0.25, -0.2) is 9.59 Å². The Labute approximate surface area is 182 Å². The molecule has 2 N–H and O–H groups in total. The minimum Gasteiger partial charge on any atom is -0.465 e. The first kappa shape index (κ1) is 22.6. The SMILES string of the molecule is COC(=O)c1ccncc1Nc1cnn(C2CCC(NC(=O)OC(C)(C)C)CC2)c1C. The van der Waals surface area contributed by atoms with Crippen molar-refractivity contribution in [3.05, 3.63) is 35.9 Å². The minimum absolute atomic E-state index is 0.109. The minimum atomic E-state index is -0.501. The molecule has 3 rings (SSSR count). The van der Waals surface area contributed by atoms with Crippen LogP contribution in [0.2, 0.25) is 0 Å². The van der Waals surface area contributed by atoms with Crippen molar-refractivity contribution < 1.29 is 19.1 Å². The van der Waals surface area contributed by atoms with E-state index in [1.165, 1.54) is 7.11 Å². The molecule has 0 spiro atoms. The highest BCUT2D eigenvalue weighted by molar-refractivity contribution is 5.96. The number of hydrogen-bond donors (Lipinski definition) is 2. The standard InChI is InChI=1S/C22H31N5O4/c1-14-18(26-19-12-23-11-10-17(19)20(28)30-5)13-24-27(14)16-8-6-15(7-9-16)25-21(29)31-22(2,3)4/h10-13,15-16,26H,6-9H2,1-5H3,(H,25,29). The zero-order chi connectivity index (χ0) is 22.6. The van der Waals surface area contributed by atoms with Gasteiger partial charge in [-0.05, 0) is 59.4 Å². The molecule has 0 unspecified atom stereocenters. The summed E-state index contributed by atoms with van der Waals surface area (Å²) in [6.07, 6.45) is 8.08. The number of aromatic nitrogens is 3. The number of hydrogen-bond acceptors (Lipinski definition) is 7. The van der Waals surface area contributed by atoms with Gasteiger partial charge in [0.25, 0.3) is 0 Å². The van der Waals surface area contributed by atoms with Crippen LogP contribution in [0.1, 0.15) is 68.5 Å². The molecule has 1 saturated carbocycles. The summed E-state index contributed by atoms with van der Waals surface area (Å²) in [6, 6.07) is 1.98. The van der Waals surface area contributed by atoms with E-state index in [9.17, 15) is 9.59 Å². The molecule has 9 heteroatoms. The van der Waals surface area contributed by atoms with Crippen molar-refractivity contribution in [1.82, 2.24) is 20.1 Å². The number of methoxy groups -OCH3 is 1. The van der Waals surface area contributed by atoms with E-state index in [1.54, 1.807) is 24.7 Å². The highest BCUT2D eigenvalue weighted by atomic mass is 16.6. The van der Waals surface area contributed by atoms with Gasteiger partial charge in [-0.2, -0.15) is 5.10 Å². The fourth-order valence-corrected chi connectivity index (χ4v) is 3.78. The molecule has 0 radical (unpaired) electrons. The Kier molecular flexibility index (Phi) is 6.82. The molecular formula is C22H31N5O4. The lowest BCUT2D eigenvalue weighted by atomic mass is 9.91. The first-order valence-electron chi connectivity index (χ1n) is 10.5. The van der Waals surface area contributed by atoms with Crippen LogP contribution in [0, 0.1) is 6.92 Å². The van der Waals surface area contributed by atoms with Crippen molar-refractivity contribution in [2.24, 2.45) is 0 Å². The topological polar surface area (TPSA) is 107 Å². The van der Waals surface area contributed by atoms with Crippen molar-refractivity contribution in [2.45, 2.75) is 71.1 Å². The maximum Gasteiger partial charge on any atom is 0.407 e. The fraction of sp³-hybridized carbons (Fsp3) is 0.545. The van der Waals surface area contributed by atoms with Gasteiger partial charge >= 0.3 is 12.1 Å². The Morgan fingerprint density at radius 1 is 1.13 bits per heavy atom. The van der Waals surface area contributed by atoms with Gasteiger partial charge in [0.15, 0.2) is 0 Å². The van der Waals surface area contributed by atoms with E-state index in [0.717, 1.165) is 37.1 Å². The molecule has 31 heavy (non-hydrogen) atoms. The molecule has 2 heterocycles. The van der Waals surface area contributed by atoms with Crippen molar-refractivity contribution in [3.8, 4) is 0 Å². The number of ether oxygens (including phenoxy) is 2. The second-order valence-corrected chi connectivity index (χ2v) is 8.78. The summed E-state index contributed by atoms with van der Waals surface area (Å²) in [6.45, 7) is 7.56. The van der Waals surface area contributed by atoms with Gasteiger partial charge in [0.1, 0.15) is 5.60 Å². The Morgan fingerprint density at radius 2 is 1.84 bits per heavy atom. The number of carbonyl (C=O) groups is 2. The molecule has 1 aliphatic rings. The highest BCUT2D eigenvalue weighted by Gasteiger charge is 2.27. The average Bonchev–Trinajstić information content (AvgIpc) is 3.07. The van der Waals surface area contributed by atoms with E-state index in [1.807, 2.05) is 32.4 Å². The van der Waals surface area contributed by atoms with Crippen molar-refractivity contribution in [2.75, 3.05) is 12.4 Å². The number of esters is 1. The first-order chi connectivity index (χ1) is 14.7. The maximum atomic E-state index is 12.0. The van der Waals surface area contributed by atoms with Gasteiger partial charge < -0.3 is 20.1 Å². The summed E-state index contributed by atoms with van der Waals surface area (Å²) in [4.78, 5) is 28.1. The highest BCUT2D eigenvalue weighted by Crippen LogP contribution is 2.32. The van der Waals surface area contributed by atoms with E-state index in [2.05, 4.69) is 20.7 Å². The van der Waals surface area contributed by atoms with Crippen molar-refractivity contribution >= 4 is 23.4 Å². The number of nitrogens with zero attached hydrogens (tertiary/aromatic N) is 3. The Morgan fingerprint density at radius 3 is 2.48 bits per heavy atom. The summed E-state index contributed by atoms with van der Waals surface area (Å²) >= 11 is 0. The number of pyridine rings is 1. The molecule has 1 aliphatic carbocycles. The monoisotopic (exact) mass is 429 g/mol. The zero-order valence-electron chi connectivity index (χ0n) is 18.8. The van der Waals surface area contributed by atoms with E-state index in [4.69, 9.17) is 9.47 Å². The smallest absolute Gasteiger partial charge is 0.407 e. The van der Waals surface area contributed by atoms with E-state index < -0.39 is 11.6 Å². The average molecular weight is 430 g/mol. The molecule has 0 aliphatic heterocycles. The van der Waals surface area contributed by atoms with Crippen molar-refractivity contribution in [1.29, 1.82) is 0 Å². The molecule has 168 valence electrons. The lowest BCUT2D eigenvalue weighted by Gasteiger charge is -2.30.